The highest BCUT2D eigenvalue weighted by molar-refractivity contribution is 7.89. The van der Waals surface area contributed by atoms with Gasteiger partial charge in [-0.1, -0.05) is 18.2 Å². The van der Waals surface area contributed by atoms with E-state index in [0.717, 1.165) is 4.31 Å². The monoisotopic (exact) mass is 364 g/mol. The van der Waals surface area contributed by atoms with E-state index in [2.05, 4.69) is 0 Å². The second-order valence-corrected chi connectivity index (χ2v) is 8.00. The normalized spacial score (nSPS) is 13.5. The molecule has 3 rings (SSSR count). The molecule has 0 radical (unpaired) electrons. The number of hydrogen-bond donors (Lipinski definition) is 0. The van der Waals surface area contributed by atoms with Crippen LogP contribution in [0.3, 0.4) is 0 Å². The summed E-state index contributed by atoms with van der Waals surface area (Å²) in [5.74, 6) is -1.10. The van der Waals surface area contributed by atoms with Gasteiger partial charge in [0, 0.05) is 25.7 Å². The van der Waals surface area contributed by atoms with E-state index < -0.39 is 27.6 Å². The van der Waals surface area contributed by atoms with Gasteiger partial charge in [-0.2, -0.15) is 0 Å². The van der Waals surface area contributed by atoms with E-state index in [0.29, 0.717) is 11.1 Å². The minimum absolute atomic E-state index is 0.0180. The Morgan fingerprint density at radius 2 is 1.84 bits per heavy atom. The lowest BCUT2D eigenvalue weighted by atomic mass is 10.1. The van der Waals surface area contributed by atoms with Crippen LogP contribution in [-0.2, 0) is 10.0 Å². The van der Waals surface area contributed by atoms with Gasteiger partial charge in [0.25, 0.3) is 0 Å². The van der Waals surface area contributed by atoms with Crippen molar-refractivity contribution in [1.29, 1.82) is 0 Å². The van der Waals surface area contributed by atoms with Crippen molar-refractivity contribution in [2.24, 2.45) is 0 Å². The third-order valence-corrected chi connectivity index (χ3v) is 5.92. The lowest BCUT2D eigenvalue weighted by Gasteiger charge is -2.14. The summed E-state index contributed by atoms with van der Waals surface area (Å²) in [6.45, 7) is 1.68. The Hall–Kier alpha value is -2.45. The summed E-state index contributed by atoms with van der Waals surface area (Å²) in [5.41, 5.74) is 0.881. The largest absolute Gasteiger partial charge is 0.420 e. The molecule has 6 nitrogen and oxygen atoms in total. The zero-order valence-electron chi connectivity index (χ0n) is 13.9. The van der Waals surface area contributed by atoms with Crippen molar-refractivity contribution < 1.29 is 17.2 Å². The van der Waals surface area contributed by atoms with Crippen molar-refractivity contribution in [2.75, 3.05) is 14.1 Å². The summed E-state index contributed by atoms with van der Waals surface area (Å²) in [6.07, 6.45) is 0. The number of hydrogen-bond acceptors (Lipinski definition) is 4. The Bertz CT molecular complexity index is 1100. The number of nitrogens with zero attached hydrogens (tertiary/aromatic N) is 2. The average molecular weight is 364 g/mol. The maximum absolute atomic E-state index is 14.0. The average Bonchev–Trinajstić information content (AvgIpc) is 2.89. The van der Waals surface area contributed by atoms with Crippen molar-refractivity contribution in [3.8, 4) is 0 Å². The smallest absolute Gasteiger partial charge is 0.408 e. The van der Waals surface area contributed by atoms with Crippen molar-refractivity contribution in [2.45, 2.75) is 17.9 Å². The number of halogens is 1. The van der Waals surface area contributed by atoms with E-state index in [4.69, 9.17) is 4.42 Å². The molecule has 0 spiro atoms. The molecule has 3 aromatic rings. The maximum atomic E-state index is 14.0. The summed E-state index contributed by atoms with van der Waals surface area (Å²) in [7, 11) is -0.813. The fourth-order valence-corrected chi connectivity index (χ4v) is 3.63. The molecule has 0 aliphatic carbocycles. The van der Waals surface area contributed by atoms with Crippen LogP contribution in [0.4, 0.5) is 4.39 Å². The Balaban J connectivity index is 2.17. The molecule has 0 saturated heterocycles. The lowest BCUT2D eigenvalue weighted by Crippen LogP contribution is -2.22. The third-order valence-electron chi connectivity index (χ3n) is 4.11. The summed E-state index contributed by atoms with van der Waals surface area (Å²) < 4.78 is 46.1. The molecule has 132 valence electrons. The zero-order chi connectivity index (χ0) is 18.4. The van der Waals surface area contributed by atoms with Gasteiger partial charge in [0.1, 0.15) is 5.82 Å². The Morgan fingerprint density at radius 1 is 1.16 bits per heavy atom. The molecular formula is C17H17FN2O4S. The number of oxazole rings is 1. The van der Waals surface area contributed by atoms with Crippen molar-refractivity contribution in [3.63, 3.8) is 0 Å². The molecule has 0 bridgehead atoms. The summed E-state index contributed by atoms with van der Waals surface area (Å²) in [6, 6.07) is 9.76. The maximum Gasteiger partial charge on any atom is 0.420 e. The van der Waals surface area contributed by atoms with Crippen LogP contribution in [0.15, 0.2) is 56.6 Å². The van der Waals surface area contributed by atoms with Gasteiger partial charge in [-0.3, -0.25) is 4.57 Å². The Morgan fingerprint density at radius 3 is 2.48 bits per heavy atom. The third kappa shape index (κ3) is 2.87. The first-order valence-electron chi connectivity index (χ1n) is 7.55. The second-order valence-electron chi connectivity index (χ2n) is 5.85. The molecule has 0 amide bonds. The zero-order valence-corrected chi connectivity index (χ0v) is 14.7. The Labute approximate surface area is 144 Å². The highest BCUT2D eigenvalue weighted by Gasteiger charge is 2.22. The predicted octanol–water partition coefficient (Wildman–Crippen LogP) is 2.59. The van der Waals surface area contributed by atoms with E-state index >= 15 is 0 Å². The molecule has 25 heavy (non-hydrogen) atoms. The van der Waals surface area contributed by atoms with Crippen LogP contribution in [0, 0.1) is 5.82 Å². The molecule has 1 heterocycles. The molecule has 8 heteroatoms. The molecule has 2 aromatic carbocycles. The van der Waals surface area contributed by atoms with E-state index in [9.17, 15) is 17.6 Å². The Kier molecular flexibility index (Phi) is 4.26. The number of fused-ring (bicyclic) bond motifs is 1. The number of sulfonamides is 1. The molecule has 1 unspecified atom stereocenters. The van der Waals surface area contributed by atoms with Gasteiger partial charge in [-0.15, -0.1) is 0 Å². The number of aromatic nitrogens is 1. The molecule has 0 aliphatic heterocycles. The minimum Gasteiger partial charge on any atom is -0.408 e. The summed E-state index contributed by atoms with van der Waals surface area (Å²) in [5, 5.41) is 0. The first-order valence-corrected chi connectivity index (χ1v) is 8.99. The van der Waals surface area contributed by atoms with Gasteiger partial charge in [-0.05, 0) is 25.1 Å². The minimum atomic E-state index is -3.65. The molecule has 1 atom stereocenters. The van der Waals surface area contributed by atoms with Crippen LogP contribution in [0.2, 0.25) is 0 Å². The fraction of sp³-hybridized carbons (Fsp3) is 0.235. The van der Waals surface area contributed by atoms with Gasteiger partial charge in [0.05, 0.1) is 16.5 Å². The van der Waals surface area contributed by atoms with Crippen molar-refractivity contribution in [3.05, 3.63) is 64.4 Å². The highest BCUT2D eigenvalue weighted by Crippen LogP contribution is 2.26. The van der Waals surface area contributed by atoms with Crippen LogP contribution in [-0.4, -0.2) is 31.4 Å². The van der Waals surface area contributed by atoms with Gasteiger partial charge in [0.15, 0.2) is 5.58 Å². The van der Waals surface area contributed by atoms with E-state index in [-0.39, 0.29) is 10.5 Å². The van der Waals surface area contributed by atoms with Crippen LogP contribution in [0.5, 0.6) is 0 Å². The molecular weight excluding hydrogens is 347 g/mol. The van der Waals surface area contributed by atoms with Gasteiger partial charge in [-0.25, -0.2) is 21.9 Å². The number of rotatable bonds is 4. The molecule has 0 saturated carbocycles. The quantitative estimate of drug-likeness (QED) is 0.713. The van der Waals surface area contributed by atoms with Crippen LogP contribution in [0.1, 0.15) is 18.5 Å². The molecule has 0 N–H and O–H groups in total. The van der Waals surface area contributed by atoms with Crippen molar-refractivity contribution in [1.82, 2.24) is 8.87 Å². The van der Waals surface area contributed by atoms with E-state index in [1.54, 1.807) is 25.1 Å². The summed E-state index contributed by atoms with van der Waals surface area (Å²) in [4.78, 5) is 12.3. The molecule has 0 aliphatic rings. The van der Waals surface area contributed by atoms with E-state index in [1.807, 2.05) is 0 Å². The molecule has 1 aromatic heterocycles. The second kappa shape index (κ2) is 6.12. The van der Waals surface area contributed by atoms with E-state index in [1.165, 1.54) is 42.9 Å². The van der Waals surface area contributed by atoms with Crippen LogP contribution in [0.25, 0.3) is 11.1 Å². The molecule has 0 fully saturated rings. The first kappa shape index (κ1) is 17.4. The fourth-order valence-electron chi connectivity index (χ4n) is 2.71. The van der Waals surface area contributed by atoms with Gasteiger partial charge >= 0.3 is 5.76 Å². The van der Waals surface area contributed by atoms with Gasteiger partial charge in [0.2, 0.25) is 10.0 Å². The lowest BCUT2D eigenvalue weighted by molar-refractivity contribution is 0.478. The SMILES string of the molecule is CC(c1ccccc1F)n1c(=O)oc2cc(S(=O)(=O)N(C)C)ccc21. The first-order chi connectivity index (χ1) is 11.7. The number of benzene rings is 2. The summed E-state index contributed by atoms with van der Waals surface area (Å²) >= 11 is 0. The van der Waals surface area contributed by atoms with Crippen LogP contribution < -0.4 is 5.76 Å². The topological polar surface area (TPSA) is 72.5 Å². The van der Waals surface area contributed by atoms with Gasteiger partial charge < -0.3 is 4.42 Å². The predicted molar refractivity (Wildman–Crippen MR) is 91.6 cm³/mol. The highest BCUT2D eigenvalue weighted by atomic mass is 32.2. The standard InChI is InChI=1S/C17H17FN2O4S/c1-11(13-6-4-5-7-14(13)18)20-15-9-8-12(25(22,23)19(2)3)10-16(15)24-17(20)21/h4-11H,1-3H3. The van der Waals surface area contributed by atoms with Crippen molar-refractivity contribution >= 4 is 21.1 Å². The van der Waals surface area contributed by atoms with Crippen LogP contribution >= 0.6 is 0 Å².